The molecule has 7 heteroatoms. The Labute approximate surface area is 122 Å². The average Bonchev–Trinajstić information content (AvgIpc) is 2.84. The molecule has 3 rings (SSSR count). The van der Waals surface area contributed by atoms with Gasteiger partial charge in [0.15, 0.2) is 5.16 Å². The lowest BCUT2D eigenvalue weighted by molar-refractivity contribution is 0.539. The van der Waals surface area contributed by atoms with Crippen LogP contribution in [-0.2, 0) is 0 Å². The molecule has 0 fully saturated rings. The molecule has 0 amide bonds. The Bertz CT molecular complexity index is 859. The van der Waals surface area contributed by atoms with Crippen LogP contribution in [0.4, 0.5) is 14.5 Å². The quantitative estimate of drug-likeness (QED) is 0.711. The van der Waals surface area contributed by atoms with Crippen molar-refractivity contribution in [3.05, 3.63) is 47.5 Å². The fourth-order valence-electron chi connectivity index (χ4n) is 1.87. The van der Waals surface area contributed by atoms with Crippen LogP contribution in [0.5, 0.6) is 0 Å². The molecule has 0 aliphatic rings. The molecular formula is C14H8F2N4S. The topological polar surface area (TPSA) is 78.5 Å². The molecule has 0 saturated carbocycles. The summed E-state index contributed by atoms with van der Waals surface area (Å²) >= 11 is 0.825. The molecule has 0 saturated heterocycles. The Morgan fingerprint density at radius 1 is 1.19 bits per heavy atom. The first-order chi connectivity index (χ1) is 10.1. The highest BCUT2D eigenvalue weighted by Crippen LogP contribution is 2.32. The fraction of sp³-hybridized carbons (Fsp3) is 0. The second-order valence-electron chi connectivity index (χ2n) is 4.30. The first-order valence-electron chi connectivity index (χ1n) is 5.89. The number of aromatic amines is 1. The zero-order valence-electron chi connectivity index (χ0n) is 10.5. The van der Waals surface area contributed by atoms with Crippen molar-refractivity contribution < 1.29 is 8.78 Å². The van der Waals surface area contributed by atoms with Gasteiger partial charge in [-0.2, -0.15) is 5.26 Å². The van der Waals surface area contributed by atoms with Gasteiger partial charge in [0.1, 0.15) is 11.6 Å². The maximum Gasteiger partial charge on any atom is 0.171 e. The Kier molecular flexibility index (Phi) is 3.23. The van der Waals surface area contributed by atoms with Gasteiger partial charge in [-0.15, -0.1) is 0 Å². The Hall–Kier alpha value is -2.59. The minimum absolute atomic E-state index is 0.0632. The lowest BCUT2D eigenvalue weighted by atomic mass is 10.2. The van der Waals surface area contributed by atoms with Crippen LogP contribution in [0, 0.1) is 23.0 Å². The summed E-state index contributed by atoms with van der Waals surface area (Å²) in [6.07, 6.45) is 0. The largest absolute Gasteiger partial charge is 0.399 e. The van der Waals surface area contributed by atoms with Crippen molar-refractivity contribution in [2.24, 2.45) is 0 Å². The summed E-state index contributed by atoms with van der Waals surface area (Å²) < 4.78 is 27.7. The van der Waals surface area contributed by atoms with Crippen molar-refractivity contribution in [2.45, 2.75) is 10.1 Å². The number of nitrogens with two attached hydrogens (primary N) is 1. The van der Waals surface area contributed by atoms with E-state index in [0.29, 0.717) is 21.9 Å². The first-order valence-corrected chi connectivity index (χ1v) is 6.70. The van der Waals surface area contributed by atoms with Crippen molar-refractivity contribution in [2.75, 3.05) is 5.73 Å². The molecule has 4 nitrogen and oxygen atoms in total. The minimum Gasteiger partial charge on any atom is -0.399 e. The fourth-order valence-corrected chi connectivity index (χ4v) is 2.68. The predicted molar refractivity (Wildman–Crippen MR) is 75.7 cm³/mol. The third-order valence-corrected chi connectivity index (χ3v) is 3.79. The SMILES string of the molecule is N#Cc1cc(F)c(Sc2nc3ccc(N)cc3[nH]2)c(F)c1. The zero-order valence-corrected chi connectivity index (χ0v) is 11.3. The maximum absolute atomic E-state index is 13.8. The lowest BCUT2D eigenvalue weighted by Gasteiger charge is -2.02. The molecule has 0 radical (unpaired) electrons. The van der Waals surface area contributed by atoms with Crippen LogP contribution in [0.1, 0.15) is 5.56 Å². The van der Waals surface area contributed by atoms with Crippen LogP contribution in [-0.4, -0.2) is 9.97 Å². The second kappa shape index (κ2) is 5.07. The molecule has 1 aromatic heterocycles. The number of nitrogen functional groups attached to an aromatic ring is 1. The van der Waals surface area contributed by atoms with Gasteiger partial charge in [-0.25, -0.2) is 13.8 Å². The van der Waals surface area contributed by atoms with Crippen molar-refractivity contribution in [1.82, 2.24) is 9.97 Å². The van der Waals surface area contributed by atoms with E-state index in [1.165, 1.54) is 0 Å². The van der Waals surface area contributed by atoms with Crippen molar-refractivity contribution >= 4 is 28.5 Å². The molecule has 104 valence electrons. The summed E-state index contributed by atoms with van der Waals surface area (Å²) in [5.41, 5.74) is 7.51. The maximum atomic E-state index is 13.8. The molecule has 3 N–H and O–H groups in total. The molecule has 21 heavy (non-hydrogen) atoms. The monoisotopic (exact) mass is 302 g/mol. The van der Waals surface area contributed by atoms with Crippen molar-refractivity contribution in [3.63, 3.8) is 0 Å². The van der Waals surface area contributed by atoms with E-state index in [9.17, 15) is 8.78 Å². The molecule has 0 spiro atoms. The standard InChI is InChI=1S/C14H8F2N4S/c15-9-3-7(6-17)4-10(16)13(9)21-14-19-11-2-1-8(18)5-12(11)20-14/h1-5H,18H2,(H,19,20). The van der Waals surface area contributed by atoms with E-state index in [0.717, 1.165) is 23.9 Å². The van der Waals surface area contributed by atoms with Crippen LogP contribution in [0.3, 0.4) is 0 Å². The summed E-state index contributed by atoms with van der Waals surface area (Å²) in [6, 6.07) is 8.79. The molecule has 3 aromatic rings. The van der Waals surface area contributed by atoms with Crippen LogP contribution >= 0.6 is 11.8 Å². The number of halogens is 2. The number of nitriles is 1. The van der Waals surface area contributed by atoms with E-state index >= 15 is 0 Å². The number of aromatic nitrogens is 2. The molecule has 2 aromatic carbocycles. The normalized spacial score (nSPS) is 10.7. The van der Waals surface area contributed by atoms with Crippen LogP contribution < -0.4 is 5.73 Å². The van der Waals surface area contributed by atoms with Gasteiger partial charge in [-0.3, -0.25) is 0 Å². The number of nitrogens with zero attached hydrogens (tertiary/aromatic N) is 2. The number of fused-ring (bicyclic) bond motifs is 1. The summed E-state index contributed by atoms with van der Waals surface area (Å²) in [4.78, 5) is 6.96. The highest BCUT2D eigenvalue weighted by Gasteiger charge is 2.15. The second-order valence-corrected chi connectivity index (χ2v) is 5.30. The van der Waals surface area contributed by atoms with Gasteiger partial charge >= 0.3 is 0 Å². The summed E-state index contributed by atoms with van der Waals surface area (Å²) in [7, 11) is 0. The Morgan fingerprint density at radius 3 is 2.57 bits per heavy atom. The van der Waals surface area contributed by atoms with Crippen molar-refractivity contribution in [1.29, 1.82) is 5.26 Å². The molecule has 0 atom stereocenters. The molecule has 0 aliphatic heterocycles. The van der Waals surface area contributed by atoms with Gasteiger partial charge in [-0.1, -0.05) is 0 Å². The number of nitrogens with one attached hydrogen (secondary N) is 1. The van der Waals surface area contributed by atoms with Crippen molar-refractivity contribution in [3.8, 4) is 6.07 Å². The van der Waals surface area contributed by atoms with Gasteiger partial charge in [0, 0.05) is 5.69 Å². The molecule has 0 bridgehead atoms. The number of hydrogen-bond donors (Lipinski definition) is 2. The van der Waals surface area contributed by atoms with Gasteiger partial charge in [-0.05, 0) is 42.1 Å². The lowest BCUT2D eigenvalue weighted by Crippen LogP contribution is -1.90. The highest BCUT2D eigenvalue weighted by atomic mass is 32.2. The summed E-state index contributed by atoms with van der Waals surface area (Å²) in [6.45, 7) is 0. The number of rotatable bonds is 2. The van der Waals surface area contributed by atoms with E-state index in [1.54, 1.807) is 24.3 Å². The third kappa shape index (κ3) is 2.53. The molecule has 0 unspecified atom stereocenters. The van der Waals surface area contributed by atoms with Gasteiger partial charge in [0.2, 0.25) is 0 Å². The van der Waals surface area contributed by atoms with E-state index in [2.05, 4.69) is 9.97 Å². The summed E-state index contributed by atoms with van der Waals surface area (Å²) in [5.74, 6) is -1.59. The van der Waals surface area contributed by atoms with Crippen LogP contribution in [0.25, 0.3) is 11.0 Å². The number of H-pyrrole nitrogens is 1. The zero-order chi connectivity index (χ0) is 15.0. The summed E-state index contributed by atoms with van der Waals surface area (Å²) in [5, 5.41) is 9.01. The molecular weight excluding hydrogens is 294 g/mol. The molecule has 0 aliphatic carbocycles. The van der Waals surface area contributed by atoms with E-state index in [1.807, 2.05) is 0 Å². The molecule has 1 heterocycles. The Morgan fingerprint density at radius 2 is 1.90 bits per heavy atom. The number of anilines is 1. The first kappa shape index (κ1) is 13.4. The van der Waals surface area contributed by atoms with Gasteiger partial charge < -0.3 is 10.7 Å². The third-order valence-electron chi connectivity index (χ3n) is 2.81. The predicted octanol–water partition coefficient (Wildman–Crippen LogP) is 3.45. The average molecular weight is 302 g/mol. The van der Waals surface area contributed by atoms with E-state index in [4.69, 9.17) is 11.0 Å². The number of imidazole rings is 1. The van der Waals surface area contributed by atoms with E-state index < -0.39 is 11.6 Å². The van der Waals surface area contributed by atoms with Crippen LogP contribution in [0.2, 0.25) is 0 Å². The highest BCUT2D eigenvalue weighted by molar-refractivity contribution is 7.99. The van der Waals surface area contributed by atoms with E-state index in [-0.39, 0.29) is 10.5 Å². The van der Waals surface area contributed by atoms with Crippen LogP contribution in [0.15, 0.2) is 40.4 Å². The van der Waals surface area contributed by atoms with Gasteiger partial charge in [0.05, 0.1) is 27.6 Å². The Balaban J connectivity index is 2.01. The minimum atomic E-state index is -0.795. The van der Waals surface area contributed by atoms with Gasteiger partial charge in [0.25, 0.3) is 0 Å². The number of hydrogen-bond acceptors (Lipinski definition) is 4. The smallest absolute Gasteiger partial charge is 0.171 e. The number of benzene rings is 2.